The van der Waals surface area contributed by atoms with Crippen molar-refractivity contribution in [2.45, 2.75) is 26.8 Å². The topological polar surface area (TPSA) is 80.3 Å². The number of rotatable bonds is 6. The summed E-state index contributed by atoms with van der Waals surface area (Å²) in [7, 11) is 0. The molecule has 0 spiro atoms. The van der Waals surface area contributed by atoms with Gasteiger partial charge in [0.05, 0.1) is 6.61 Å². The predicted octanol–water partition coefficient (Wildman–Crippen LogP) is 1.26. The number of carbonyl (C=O) groups is 2. The van der Waals surface area contributed by atoms with Gasteiger partial charge in [-0.2, -0.15) is 0 Å². The molecule has 0 saturated heterocycles. The fourth-order valence-corrected chi connectivity index (χ4v) is 1.98. The van der Waals surface area contributed by atoms with E-state index in [9.17, 15) is 9.59 Å². The standard InChI is InChI=1S/C11H17N3O3S/c1-4-12-9(15)7(3)13-11-14-8(6-18-11)10(16)17-5-2/h6-7H,4-5H2,1-3H3,(H,12,15)(H,13,14). The monoisotopic (exact) mass is 271 g/mol. The summed E-state index contributed by atoms with van der Waals surface area (Å²) in [4.78, 5) is 27.0. The van der Waals surface area contributed by atoms with Crippen LogP contribution in [0, 0.1) is 0 Å². The van der Waals surface area contributed by atoms with E-state index >= 15 is 0 Å². The SMILES string of the molecule is CCNC(=O)C(C)Nc1nc(C(=O)OCC)cs1. The van der Waals surface area contributed by atoms with Gasteiger partial charge < -0.3 is 15.4 Å². The Balaban J connectivity index is 2.58. The van der Waals surface area contributed by atoms with E-state index in [0.29, 0.717) is 18.3 Å². The number of amides is 1. The molecular formula is C11H17N3O3S. The van der Waals surface area contributed by atoms with E-state index in [-0.39, 0.29) is 11.6 Å². The van der Waals surface area contributed by atoms with Crippen molar-refractivity contribution in [1.82, 2.24) is 10.3 Å². The van der Waals surface area contributed by atoms with Gasteiger partial charge in [-0.05, 0) is 20.8 Å². The summed E-state index contributed by atoms with van der Waals surface area (Å²) in [5.74, 6) is -0.558. The van der Waals surface area contributed by atoms with Gasteiger partial charge in [-0.1, -0.05) is 0 Å². The van der Waals surface area contributed by atoms with Crippen LogP contribution in [0.15, 0.2) is 5.38 Å². The maximum Gasteiger partial charge on any atom is 0.357 e. The summed E-state index contributed by atoms with van der Waals surface area (Å²) < 4.78 is 4.83. The second-order valence-electron chi connectivity index (χ2n) is 3.52. The molecule has 1 rings (SSSR count). The van der Waals surface area contributed by atoms with Gasteiger partial charge in [-0.15, -0.1) is 11.3 Å². The smallest absolute Gasteiger partial charge is 0.357 e. The van der Waals surface area contributed by atoms with Crippen LogP contribution in [0.5, 0.6) is 0 Å². The highest BCUT2D eigenvalue weighted by Gasteiger charge is 2.15. The average Bonchev–Trinajstić information content (AvgIpc) is 2.78. The van der Waals surface area contributed by atoms with E-state index < -0.39 is 12.0 Å². The summed E-state index contributed by atoms with van der Waals surface area (Å²) in [5, 5.41) is 7.76. The highest BCUT2D eigenvalue weighted by atomic mass is 32.1. The first-order valence-electron chi connectivity index (χ1n) is 5.75. The van der Waals surface area contributed by atoms with Gasteiger partial charge in [0.25, 0.3) is 0 Å². The largest absolute Gasteiger partial charge is 0.461 e. The number of likely N-dealkylation sites (N-methyl/N-ethyl adjacent to an activating group) is 1. The van der Waals surface area contributed by atoms with Crippen molar-refractivity contribution in [2.75, 3.05) is 18.5 Å². The molecule has 1 aromatic heterocycles. The van der Waals surface area contributed by atoms with Gasteiger partial charge in [0.2, 0.25) is 5.91 Å². The molecular weight excluding hydrogens is 254 g/mol. The maximum atomic E-state index is 11.5. The lowest BCUT2D eigenvalue weighted by atomic mass is 10.3. The lowest BCUT2D eigenvalue weighted by Crippen LogP contribution is -2.37. The molecule has 6 nitrogen and oxygen atoms in total. The van der Waals surface area contributed by atoms with Gasteiger partial charge >= 0.3 is 5.97 Å². The Morgan fingerprint density at radius 3 is 2.83 bits per heavy atom. The number of hydrogen-bond donors (Lipinski definition) is 2. The van der Waals surface area contributed by atoms with Crippen LogP contribution < -0.4 is 10.6 Å². The zero-order chi connectivity index (χ0) is 13.5. The first-order valence-corrected chi connectivity index (χ1v) is 6.63. The summed E-state index contributed by atoms with van der Waals surface area (Å²) in [6.07, 6.45) is 0. The molecule has 0 aliphatic rings. The summed E-state index contributed by atoms with van der Waals surface area (Å²) in [6.45, 7) is 6.22. The molecule has 1 amide bonds. The molecule has 0 aliphatic carbocycles. The third kappa shape index (κ3) is 3.99. The van der Waals surface area contributed by atoms with Gasteiger partial charge in [0.1, 0.15) is 6.04 Å². The summed E-state index contributed by atoms with van der Waals surface area (Å²) in [6, 6.07) is -0.397. The number of nitrogens with one attached hydrogen (secondary N) is 2. The Hall–Kier alpha value is -1.63. The molecule has 0 saturated carbocycles. The highest BCUT2D eigenvalue weighted by molar-refractivity contribution is 7.13. The van der Waals surface area contributed by atoms with Gasteiger partial charge in [-0.3, -0.25) is 4.79 Å². The number of esters is 1. The zero-order valence-electron chi connectivity index (χ0n) is 10.6. The van der Waals surface area contributed by atoms with Gasteiger partial charge in [0.15, 0.2) is 10.8 Å². The Bertz CT molecular complexity index is 419. The van der Waals surface area contributed by atoms with Gasteiger partial charge in [-0.25, -0.2) is 9.78 Å². The normalized spacial score (nSPS) is 11.7. The minimum atomic E-state index is -0.451. The molecule has 0 aromatic carbocycles. The van der Waals surface area contributed by atoms with Crippen molar-refractivity contribution >= 4 is 28.3 Å². The molecule has 0 bridgehead atoms. The maximum absolute atomic E-state index is 11.5. The van der Waals surface area contributed by atoms with Crippen molar-refractivity contribution in [1.29, 1.82) is 0 Å². The molecule has 1 aromatic rings. The second-order valence-corrected chi connectivity index (χ2v) is 4.38. The van der Waals surface area contributed by atoms with Crippen molar-refractivity contribution in [3.05, 3.63) is 11.1 Å². The summed E-state index contributed by atoms with van der Waals surface area (Å²) in [5.41, 5.74) is 0.257. The first kappa shape index (κ1) is 14.4. The van der Waals surface area contributed by atoms with Crippen LogP contribution in [0.1, 0.15) is 31.3 Å². The molecule has 1 unspecified atom stereocenters. The fourth-order valence-electron chi connectivity index (χ4n) is 1.22. The highest BCUT2D eigenvalue weighted by Crippen LogP contribution is 2.17. The Morgan fingerprint density at radius 2 is 2.22 bits per heavy atom. The van der Waals surface area contributed by atoms with Crippen LogP contribution in [0.2, 0.25) is 0 Å². The van der Waals surface area contributed by atoms with Crippen LogP contribution >= 0.6 is 11.3 Å². The summed E-state index contributed by atoms with van der Waals surface area (Å²) >= 11 is 1.26. The van der Waals surface area contributed by atoms with Gasteiger partial charge in [0, 0.05) is 11.9 Å². The zero-order valence-corrected chi connectivity index (χ0v) is 11.5. The average molecular weight is 271 g/mol. The minimum absolute atomic E-state index is 0.106. The van der Waals surface area contributed by atoms with Crippen molar-refractivity contribution in [3.8, 4) is 0 Å². The van der Waals surface area contributed by atoms with Crippen LogP contribution in [-0.4, -0.2) is 36.1 Å². The lowest BCUT2D eigenvalue weighted by molar-refractivity contribution is -0.121. The van der Waals surface area contributed by atoms with E-state index in [1.807, 2.05) is 6.92 Å². The quantitative estimate of drug-likeness (QED) is 0.761. The molecule has 0 aliphatic heterocycles. The molecule has 0 fully saturated rings. The number of carbonyl (C=O) groups excluding carboxylic acids is 2. The van der Waals surface area contributed by atoms with Crippen LogP contribution in [0.25, 0.3) is 0 Å². The third-order valence-corrected chi connectivity index (χ3v) is 2.85. The van der Waals surface area contributed by atoms with E-state index in [4.69, 9.17) is 4.74 Å². The van der Waals surface area contributed by atoms with E-state index in [2.05, 4.69) is 15.6 Å². The second kappa shape index (κ2) is 6.95. The Morgan fingerprint density at radius 1 is 1.50 bits per heavy atom. The molecule has 18 heavy (non-hydrogen) atoms. The fraction of sp³-hybridized carbons (Fsp3) is 0.545. The minimum Gasteiger partial charge on any atom is -0.461 e. The molecule has 0 radical (unpaired) electrons. The Kier molecular flexibility index (Phi) is 5.57. The van der Waals surface area contributed by atoms with E-state index in [0.717, 1.165) is 0 Å². The first-order chi connectivity index (χ1) is 8.58. The number of anilines is 1. The predicted molar refractivity (Wildman–Crippen MR) is 69.8 cm³/mol. The van der Waals surface area contributed by atoms with E-state index in [1.165, 1.54) is 11.3 Å². The Labute approximate surface area is 110 Å². The number of ether oxygens (including phenoxy) is 1. The van der Waals surface area contributed by atoms with Crippen molar-refractivity contribution in [2.24, 2.45) is 0 Å². The molecule has 2 N–H and O–H groups in total. The lowest BCUT2D eigenvalue weighted by Gasteiger charge is -2.11. The van der Waals surface area contributed by atoms with Crippen LogP contribution in [0.4, 0.5) is 5.13 Å². The van der Waals surface area contributed by atoms with Crippen molar-refractivity contribution < 1.29 is 14.3 Å². The third-order valence-electron chi connectivity index (χ3n) is 2.07. The number of nitrogens with zero attached hydrogens (tertiary/aromatic N) is 1. The van der Waals surface area contributed by atoms with E-state index in [1.54, 1.807) is 19.2 Å². The number of thiazole rings is 1. The molecule has 1 heterocycles. The van der Waals surface area contributed by atoms with Crippen LogP contribution in [0.3, 0.4) is 0 Å². The van der Waals surface area contributed by atoms with Crippen LogP contribution in [-0.2, 0) is 9.53 Å². The molecule has 7 heteroatoms. The number of aromatic nitrogens is 1. The van der Waals surface area contributed by atoms with Crippen molar-refractivity contribution in [3.63, 3.8) is 0 Å². The number of hydrogen-bond acceptors (Lipinski definition) is 6. The molecule has 100 valence electrons. The molecule has 1 atom stereocenters.